The standard InChI is InChI=1S/C28H31N5O4S/c1-19-7-8-20(15-26(19)38(2,35)36)28(34)30-18-22-16-25-21(17-29-22)9-10-24(31-25)23-5-3-6-27(32-23)33-11-4-13-37-14-12-33/h3,5-10,15-17,35-36H,4,11-14,18H2,1-2H3,(H,30,34). The second kappa shape index (κ2) is 11.0. The van der Waals surface area contributed by atoms with Gasteiger partial charge in [0.2, 0.25) is 0 Å². The molecule has 1 aromatic carbocycles. The van der Waals surface area contributed by atoms with Crippen molar-refractivity contribution in [2.75, 3.05) is 37.5 Å². The molecule has 3 aromatic heterocycles. The highest BCUT2D eigenvalue weighted by atomic mass is 32.3. The summed E-state index contributed by atoms with van der Waals surface area (Å²) in [5.41, 5.74) is 4.05. The summed E-state index contributed by atoms with van der Waals surface area (Å²) in [5, 5.41) is 3.75. The number of anilines is 1. The Morgan fingerprint density at radius 2 is 1.89 bits per heavy atom. The van der Waals surface area contributed by atoms with Crippen LogP contribution in [0.25, 0.3) is 22.3 Å². The lowest BCUT2D eigenvalue weighted by Gasteiger charge is -2.29. The van der Waals surface area contributed by atoms with Gasteiger partial charge in [0.25, 0.3) is 5.91 Å². The minimum Gasteiger partial charge on any atom is -0.380 e. The van der Waals surface area contributed by atoms with Crippen LogP contribution in [0.1, 0.15) is 28.0 Å². The predicted molar refractivity (Wildman–Crippen MR) is 150 cm³/mol. The van der Waals surface area contributed by atoms with Crippen LogP contribution in [0.3, 0.4) is 0 Å². The van der Waals surface area contributed by atoms with E-state index in [1.54, 1.807) is 25.3 Å². The number of aryl methyl sites for hydroxylation is 1. The third-order valence-electron chi connectivity index (χ3n) is 6.47. The van der Waals surface area contributed by atoms with E-state index in [0.29, 0.717) is 22.8 Å². The van der Waals surface area contributed by atoms with Crippen LogP contribution in [0.5, 0.6) is 0 Å². The molecule has 1 saturated heterocycles. The molecule has 0 atom stereocenters. The maximum absolute atomic E-state index is 12.8. The van der Waals surface area contributed by atoms with Gasteiger partial charge in [0, 0.05) is 43.1 Å². The summed E-state index contributed by atoms with van der Waals surface area (Å²) in [4.78, 5) is 29.5. The molecule has 3 N–H and O–H groups in total. The number of ether oxygens (including phenoxy) is 1. The van der Waals surface area contributed by atoms with Crippen LogP contribution in [-0.2, 0) is 11.3 Å². The van der Waals surface area contributed by atoms with Gasteiger partial charge in [-0.2, -0.15) is 10.6 Å². The number of hydrogen-bond donors (Lipinski definition) is 3. The molecular weight excluding hydrogens is 502 g/mol. The summed E-state index contributed by atoms with van der Waals surface area (Å²) in [5.74, 6) is 0.593. The van der Waals surface area contributed by atoms with Crippen molar-refractivity contribution >= 4 is 33.2 Å². The molecule has 0 spiro atoms. The van der Waals surface area contributed by atoms with Crippen molar-refractivity contribution < 1.29 is 18.6 Å². The van der Waals surface area contributed by atoms with E-state index in [9.17, 15) is 13.9 Å². The van der Waals surface area contributed by atoms with Crippen molar-refractivity contribution in [3.8, 4) is 11.4 Å². The molecule has 1 aliphatic rings. The molecule has 4 heterocycles. The van der Waals surface area contributed by atoms with Crippen molar-refractivity contribution in [1.29, 1.82) is 0 Å². The van der Waals surface area contributed by atoms with Gasteiger partial charge in [-0.1, -0.05) is 12.1 Å². The zero-order valence-electron chi connectivity index (χ0n) is 21.4. The van der Waals surface area contributed by atoms with E-state index in [-0.39, 0.29) is 12.5 Å². The summed E-state index contributed by atoms with van der Waals surface area (Å²) in [7, 11) is -2.93. The van der Waals surface area contributed by atoms with E-state index in [2.05, 4.69) is 15.2 Å². The maximum Gasteiger partial charge on any atom is 0.251 e. The van der Waals surface area contributed by atoms with Crippen molar-refractivity contribution in [3.63, 3.8) is 0 Å². The number of rotatable bonds is 6. The molecule has 1 fully saturated rings. The molecule has 198 valence electrons. The molecule has 0 unspecified atom stereocenters. The minimum atomic E-state index is -2.93. The number of benzene rings is 1. The smallest absolute Gasteiger partial charge is 0.251 e. The second-order valence-corrected chi connectivity index (χ2v) is 11.5. The van der Waals surface area contributed by atoms with Crippen LogP contribution in [0.2, 0.25) is 0 Å². The number of fused-ring (bicyclic) bond motifs is 1. The highest BCUT2D eigenvalue weighted by molar-refractivity contribution is 8.23. The fourth-order valence-corrected chi connectivity index (χ4v) is 5.47. The van der Waals surface area contributed by atoms with Gasteiger partial charge in [-0.3, -0.25) is 18.9 Å². The lowest BCUT2D eigenvalue weighted by molar-refractivity contribution is 0.0950. The molecule has 9 nitrogen and oxygen atoms in total. The Morgan fingerprint density at radius 3 is 2.74 bits per heavy atom. The molecule has 1 aliphatic heterocycles. The number of nitrogens with zero attached hydrogens (tertiary/aromatic N) is 4. The summed E-state index contributed by atoms with van der Waals surface area (Å²) in [6, 6.07) is 16.6. The van der Waals surface area contributed by atoms with E-state index in [0.717, 1.165) is 59.8 Å². The lowest BCUT2D eigenvalue weighted by Crippen LogP contribution is -2.26. The van der Waals surface area contributed by atoms with Gasteiger partial charge >= 0.3 is 0 Å². The van der Waals surface area contributed by atoms with Crippen molar-refractivity contribution in [2.45, 2.75) is 24.8 Å². The van der Waals surface area contributed by atoms with Gasteiger partial charge < -0.3 is 15.0 Å². The third kappa shape index (κ3) is 5.94. The normalized spacial score (nSPS) is 14.8. The topological polar surface area (TPSA) is 121 Å². The highest BCUT2D eigenvalue weighted by Crippen LogP contribution is 2.46. The zero-order valence-corrected chi connectivity index (χ0v) is 22.2. The second-order valence-electron chi connectivity index (χ2n) is 9.40. The van der Waals surface area contributed by atoms with Crippen LogP contribution in [-0.4, -0.2) is 62.5 Å². The predicted octanol–water partition coefficient (Wildman–Crippen LogP) is 4.90. The lowest BCUT2D eigenvalue weighted by atomic mass is 10.1. The fourth-order valence-electron chi connectivity index (χ4n) is 4.45. The Morgan fingerprint density at radius 1 is 1.05 bits per heavy atom. The van der Waals surface area contributed by atoms with E-state index in [1.807, 2.05) is 36.4 Å². The fraction of sp³-hybridized carbons (Fsp3) is 0.286. The van der Waals surface area contributed by atoms with Gasteiger partial charge in [0.05, 0.1) is 40.6 Å². The summed E-state index contributed by atoms with van der Waals surface area (Å²) >= 11 is 0. The number of hydrogen-bond acceptors (Lipinski definition) is 8. The first-order chi connectivity index (χ1) is 18.3. The molecule has 1 amide bonds. The van der Waals surface area contributed by atoms with Crippen molar-refractivity contribution in [1.82, 2.24) is 20.3 Å². The first-order valence-corrected chi connectivity index (χ1v) is 14.4. The molecule has 0 saturated carbocycles. The SMILES string of the molecule is Cc1ccc(C(=O)NCc2cc3nc(-c4cccc(N5CCCOCC5)n4)ccc3cn2)cc1S(C)(O)O. The van der Waals surface area contributed by atoms with Crippen LogP contribution < -0.4 is 10.2 Å². The van der Waals surface area contributed by atoms with E-state index in [4.69, 9.17) is 14.7 Å². The Labute approximate surface area is 223 Å². The Kier molecular flexibility index (Phi) is 7.57. The van der Waals surface area contributed by atoms with Gasteiger partial charge in [0.15, 0.2) is 0 Å². The Hall–Kier alpha value is -3.57. The third-order valence-corrected chi connectivity index (χ3v) is 7.74. The first kappa shape index (κ1) is 26.1. The number of carbonyl (C=O) groups is 1. The number of carbonyl (C=O) groups excluding carboxylic acids is 1. The summed E-state index contributed by atoms with van der Waals surface area (Å²) in [6.45, 7) is 5.18. The van der Waals surface area contributed by atoms with Gasteiger partial charge in [-0.25, -0.2) is 9.97 Å². The first-order valence-electron chi connectivity index (χ1n) is 12.5. The summed E-state index contributed by atoms with van der Waals surface area (Å²) in [6.07, 6.45) is 4.07. The number of amides is 1. The average molecular weight is 534 g/mol. The van der Waals surface area contributed by atoms with Crippen LogP contribution in [0.15, 0.2) is 65.7 Å². The molecule has 10 heteroatoms. The summed E-state index contributed by atoms with van der Waals surface area (Å²) < 4.78 is 25.7. The van der Waals surface area contributed by atoms with Gasteiger partial charge in [0.1, 0.15) is 5.82 Å². The van der Waals surface area contributed by atoms with Gasteiger partial charge in [-0.05, 0) is 61.4 Å². The molecular formula is C28H31N5O4S. The minimum absolute atomic E-state index is 0.205. The molecule has 5 rings (SSSR count). The monoisotopic (exact) mass is 533 g/mol. The molecule has 4 aromatic rings. The number of aromatic nitrogens is 3. The molecule has 38 heavy (non-hydrogen) atoms. The Balaban J connectivity index is 1.33. The van der Waals surface area contributed by atoms with E-state index >= 15 is 0 Å². The van der Waals surface area contributed by atoms with Crippen molar-refractivity contribution in [2.24, 2.45) is 0 Å². The highest BCUT2D eigenvalue weighted by Gasteiger charge is 2.16. The Bertz CT molecular complexity index is 1470. The largest absolute Gasteiger partial charge is 0.380 e. The van der Waals surface area contributed by atoms with E-state index < -0.39 is 10.6 Å². The van der Waals surface area contributed by atoms with E-state index in [1.165, 1.54) is 12.3 Å². The molecule has 0 aliphatic carbocycles. The van der Waals surface area contributed by atoms with Crippen LogP contribution >= 0.6 is 10.6 Å². The maximum atomic E-state index is 12.8. The molecule has 0 radical (unpaired) electrons. The van der Waals surface area contributed by atoms with Crippen molar-refractivity contribution in [3.05, 3.63) is 77.6 Å². The van der Waals surface area contributed by atoms with Crippen LogP contribution in [0.4, 0.5) is 5.82 Å². The number of pyridine rings is 3. The molecule has 0 bridgehead atoms. The average Bonchev–Trinajstić information content (AvgIpc) is 3.21. The quantitative estimate of drug-likeness (QED) is 0.320. The zero-order chi connectivity index (χ0) is 26.7. The van der Waals surface area contributed by atoms with Gasteiger partial charge in [-0.15, -0.1) is 0 Å². The number of nitrogens with one attached hydrogen (secondary N) is 1. The van der Waals surface area contributed by atoms with Crippen LogP contribution in [0, 0.1) is 6.92 Å².